The molecule has 0 atom stereocenters. The van der Waals surface area contributed by atoms with Crippen LogP contribution in [-0.2, 0) is 0 Å². The highest BCUT2D eigenvalue weighted by molar-refractivity contribution is 6.63. The first-order valence-corrected chi connectivity index (χ1v) is 7.10. The normalized spacial score (nSPS) is 10.1. The van der Waals surface area contributed by atoms with E-state index in [1.807, 2.05) is 0 Å². The van der Waals surface area contributed by atoms with E-state index in [1.165, 1.54) is 32.1 Å². The lowest BCUT2D eigenvalue weighted by atomic mass is 10.2. The zero-order valence-electron chi connectivity index (χ0n) is 11.2. The van der Waals surface area contributed by atoms with Crippen molar-refractivity contribution in [3.63, 3.8) is 0 Å². The van der Waals surface area contributed by atoms with Crippen LogP contribution in [0.1, 0.15) is 66.7 Å². The third kappa shape index (κ3) is 122. The van der Waals surface area contributed by atoms with Crippen LogP contribution in [-0.4, -0.2) is 15.0 Å². The number of hydrogen-bond acceptors (Lipinski definition) is 1. The molecule has 0 aromatic carbocycles. The van der Waals surface area contributed by atoms with Crippen LogP contribution in [0.25, 0.3) is 0 Å². The lowest BCUT2D eigenvalue weighted by Gasteiger charge is -2.04. The molecule has 0 saturated carbocycles. The Morgan fingerprint density at radius 2 is 1.06 bits per heavy atom. The summed E-state index contributed by atoms with van der Waals surface area (Å²) in [6.45, 7) is 9.72. The van der Waals surface area contributed by atoms with Gasteiger partial charge in [0.15, 0.2) is 4.30 Å². The van der Waals surface area contributed by atoms with Crippen LogP contribution in [0.4, 0.5) is 0 Å². The lowest BCUT2D eigenvalue weighted by Crippen LogP contribution is -2.10. The van der Waals surface area contributed by atoms with Gasteiger partial charge < -0.3 is 5.11 Å². The summed E-state index contributed by atoms with van der Waals surface area (Å²) in [6, 6.07) is 0. The predicted octanol–water partition coefficient (Wildman–Crippen LogP) is 5.74. The van der Waals surface area contributed by atoms with Gasteiger partial charge in [0.05, 0.1) is 5.60 Å². The third-order valence-electron chi connectivity index (χ3n) is 1.21. The fourth-order valence-corrected chi connectivity index (χ4v) is 0.677. The first-order valence-electron chi connectivity index (χ1n) is 5.79. The molecule has 0 aromatic heterocycles. The zero-order valence-corrected chi connectivity index (χ0v) is 13.5. The summed E-state index contributed by atoms with van der Waals surface area (Å²) in [7, 11) is 0. The van der Waals surface area contributed by atoms with Crippen molar-refractivity contribution in [2.45, 2.75) is 76.6 Å². The SMILES string of the molecule is CC(C)(C)O.CCCCCCC.ClC(Cl)Cl. The average molecular weight is 294 g/mol. The van der Waals surface area contributed by atoms with Gasteiger partial charge in [-0.3, -0.25) is 0 Å². The minimum Gasteiger partial charge on any atom is -0.391 e. The van der Waals surface area contributed by atoms with Crippen molar-refractivity contribution in [3.05, 3.63) is 0 Å². The molecule has 0 heterocycles. The van der Waals surface area contributed by atoms with Gasteiger partial charge in [0.1, 0.15) is 0 Å². The van der Waals surface area contributed by atoms with Crippen molar-refractivity contribution in [2.24, 2.45) is 0 Å². The van der Waals surface area contributed by atoms with Gasteiger partial charge in [0.25, 0.3) is 0 Å². The topological polar surface area (TPSA) is 20.2 Å². The Kier molecular flexibility index (Phi) is 21.8. The van der Waals surface area contributed by atoms with Crippen molar-refractivity contribution in [1.29, 1.82) is 0 Å². The van der Waals surface area contributed by atoms with E-state index in [9.17, 15) is 0 Å². The molecule has 0 aliphatic rings. The van der Waals surface area contributed by atoms with E-state index in [1.54, 1.807) is 20.8 Å². The number of halogens is 3. The van der Waals surface area contributed by atoms with E-state index < -0.39 is 9.90 Å². The maximum Gasteiger partial charge on any atom is 0.180 e. The van der Waals surface area contributed by atoms with E-state index in [-0.39, 0.29) is 0 Å². The summed E-state index contributed by atoms with van der Waals surface area (Å²) in [5, 5.41) is 8.52. The van der Waals surface area contributed by atoms with Crippen molar-refractivity contribution < 1.29 is 5.11 Å². The Morgan fingerprint density at radius 1 is 0.875 bits per heavy atom. The molecule has 0 aliphatic heterocycles. The van der Waals surface area contributed by atoms with E-state index in [0.717, 1.165) is 0 Å². The average Bonchev–Trinajstić information content (AvgIpc) is 2.01. The number of unbranched alkanes of at least 4 members (excludes halogenated alkanes) is 4. The Balaban J connectivity index is -0.000000166. The molecular formula is C12H27Cl3O. The monoisotopic (exact) mass is 292 g/mol. The van der Waals surface area contributed by atoms with Crippen molar-refractivity contribution in [3.8, 4) is 0 Å². The number of alkyl halides is 3. The van der Waals surface area contributed by atoms with Gasteiger partial charge in [-0.05, 0) is 20.8 Å². The summed E-state index contributed by atoms with van der Waals surface area (Å²) < 4.78 is -0.750. The molecule has 0 aromatic rings. The number of aliphatic hydroxyl groups is 1. The smallest absolute Gasteiger partial charge is 0.180 e. The Hall–Kier alpha value is 0.830. The molecule has 0 bridgehead atoms. The van der Waals surface area contributed by atoms with E-state index >= 15 is 0 Å². The van der Waals surface area contributed by atoms with Crippen molar-refractivity contribution >= 4 is 34.8 Å². The Labute approximate surface area is 116 Å². The van der Waals surface area contributed by atoms with Crippen LogP contribution in [0, 0.1) is 0 Å². The van der Waals surface area contributed by atoms with Crippen molar-refractivity contribution in [2.75, 3.05) is 0 Å². The van der Waals surface area contributed by atoms with Crippen LogP contribution in [0.15, 0.2) is 0 Å². The second-order valence-corrected chi connectivity index (χ2v) is 6.46. The van der Waals surface area contributed by atoms with Gasteiger partial charge in [-0.15, -0.1) is 0 Å². The van der Waals surface area contributed by atoms with Gasteiger partial charge >= 0.3 is 0 Å². The number of rotatable bonds is 4. The second-order valence-electron chi connectivity index (χ2n) is 4.48. The highest BCUT2D eigenvalue weighted by Crippen LogP contribution is 2.03. The molecule has 0 spiro atoms. The quantitative estimate of drug-likeness (QED) is 0.517. The van der Waals surface area contributed by atoms with Crippen LogP contribution in [0.3, 0.4) is 0 Å². The molecule has 0 rings (SSSR count). The number of hydrogen-bond donors (Lipinski definition) is 1. The van der Waals surface area contributed by atoms with Crippen LogP contribution in [0.5, 0.6) is 0 Å². The summed E-state index contributed by atoms with van der Waals surface area (Å²) in [4.78, 5) is 0. The molecule has 102 valence electrons. The summed E-state index contributed by atoms with van der Waals surface area (Å²) in [5.74, 6) is 0. The molecule has 0 fully saturated rings. The molecule has 1 N–H and O–H groups in total. The minimum atomic E-state index is -0.750. The molecule has 4 heteroatoms. The molecule has 0 amide bonds. The largest absolute Gasteiger partial charge is 0.391 e. The first-order chi connectivity index (χ1) is 7.15. The second kappa shape index (κ2) is 15.8. The predicted molar refractivity (Wildman–Crippen MR) is 77.8 cm³/mol. The van der Waals surface area contributed by atoms with Gasteiger partial charge in [-0.2, -0.15) is 0 Å². The maximum absolute atomic E-state index is 8.52. The van der Waals surface area contributed by atoms with Crippen molar-refractivity contribution in [1.82, 2.24) is 0 Å². The van der Waals surface area contributed by atoms with Crippen LogP contribution >= 0.6 is 34.8 Å². The van der Waals surface area contributed by atoms with Gasteiger partial charge in [-0.1, -0.05) is 80.8 Å². The molecule has 0 radical (unpaired) electrons. The zero-order chi connectivity index (χ0) is 13.6. The van der Waals surface area contributed by atoms with E-state index in [2.05, 4.69) is 13.8 Å². The summed E-state index contributed by atoms with van der Waals surface area (Å²) in [5.41, 5.74) is -0.500. The Morgan fingerprint density at radius 3 is 1.19 bits per heavy atom. The molecule has 0 saturated heterocycles. The first kappa shape index (κ1) is 22.0. The highest BCUT2D eigenvalue weighted by Gasteiger charge is 1.97. The fourth-order valence-electron chi connectivity index (χ4n) is 0.677. The van der Waals surface area contributed by atoms with E-state index in [4.69, 9.17) is 39.9 Å². The Bertz CT molecular complexity index is 98.6. The summed E-state index contributed by atoms with van der Waals surface area (Å²) >= 11 is 14.4. The highest BCUT2D eigenvalue weighted by atomic mass is 35.6. The van der Waals surface area contributed by atoms with Crippen LogP contribution < -0.4 is 0 Å². The van der Waals surface area contributed by atoms with Crippen LogP contribution in [0.2, 0.25) is 0 Å². The molecular weight excluding hydrogens is 266 g/mol. The minimum absolute atomic E-state index is 0.500. The third-order valence-corrected chi connectivity index (χ3v) is 1.21. The fraction of sp³-hybridized carbons (Fsp3) is 1.00. The molecule has 0 unspecified atom stereocenters. The maximum atomic E-state index is 8.52. The van der Waals surface area contributed by atoms with Gasteiger partial charge in [0.2, 0.25) is 0 Å². The standard InChI is InChI=1S/C7H16.C4H10O.CHCl3/c1-3-5-7-6-4-2;1-4(2,3)5;2-1(3)4/h3-7H2,1-2H3;5H,1-3H3;1H. The lowest BCUT2D eigenvalue weighted by molar-refractivity contribution is 0.102. The van der Waals surface area contributed by atoms with Gasteiger partial charge in [0, 0.05) is 0 Å². The molecule has 1 nitrogen and oxygen atoms in total. The molecule has 16 heavy (non-hydrogen) atoms. The van der Waals surface area contributed by atoms with E-state index in [0.29, 0.717) is 0 Å². The molecule has 0 aliphatic carbocycles. The van der Waals surface area contributed by atoms with Gasteiger partial charge in [-0.25, -0.2) is 0 Å². The summed E-state index contributed by atoms with van der Waals surface area (Å²) in [6.07, 6.45) is 7.01.